The lowest BCUT2D eigenvalue weighted by Crippen LogP contribution is -2.49. The maximum Gasteiger partial charge on any atom is 0.490 e. The molecule has 2 unspecified atom stereocenters. The van der Waals surface area contributed by atoms with Gasteiger partial charge in [-0.1, -0.05) is 0 Å². The van der Waals surface area contributed by atoms with Crippen molar-refractivity contribution in [2.24, 2.45) is 5.73 Å². The van der Waals surface area contributed by atoms with Crippen LogP contribution in [0.15, 0.2) is 21.9 Å². The first-order chi connectivity index (χ1) is 14.1. The number of hydrogen-bond donors (Lipinski definition) is 6. The predicted octanol–water partition coefficient (Wildman–Crippen LogP) is -2.26. The van der Waals surface area contributed by atoms with E-state index in [1.54, 1.807) is 0 Å². The SMILES string of the molecule is N[C@H]1[C@H]2OC[C@]1(COP(=O)(O)OP(=O)(O)OP(=O)(O)O)O[C@H]2Cn1ccc(=O)[nH]c1=O. The number of aromatic nitrogens is 2. The number of ether oxygens (including phenoxy) is 2. The molecule has 0 aromatic carbocycles. The molecule has 176 valence electrons. The van der Waals surface area contributed by atoms with Gasteiger partial charge in [0.1, 0.15) is 17.8 Å². The molecule has 0 radical (unpaired) electrons. The average molecular weight is 509 g/mol. The summed E-state index contributed by atoms with van der Waals surface area (Å²) >= 11 is 0. The second-order valence-electron chi connectivity index (χ2n) is 6.65. The minimum absolute atomic E-state index is 0.0923. The van der Waals surface area contributed by atoms with Crippen LogP contribution >= 0.6 is 23.5 Å². The van der Waals surface area contributed by atoms with Gasteiger partial charge in [-0.15, -0.1) is 0 Å². The minimum Gasteiger partial charge on any atom is -0.371 e. The fourth-order valence-electron chi connectivity index (χ4n) is 3.15. The number of phosphoric acid groups is 3. The zero-order valence-electron chi connectivity index (χ0n) is 15.2. The molecule has 2 fully saturated rings. The Morgan fingerprint density at radius 2 is 1.87 bits per heavy atom. The third kappa shape index (κ3) is 5.86. The van der Waals surface area contributed by atoms with E-state index in [0.29, 0.717) is 0 Å². The van der Waals surface area contributed by atoms with E-state index in [0.717, 1.165) is 10.6 Å². The lowest BCUT2D eigenvalue weighted by atomic mass is 9.97. The highest BCUT2D eigenvalue weighted by atomic mass is 31.3. The van der Waals surface area contributed by atoms with Crippen molar-refractivity contribution in [3.8, 4) is 0 Å². The van der Waals surface area contributed by atoms with Crippen LogP contribution < -0.4 is 17.0 Å². The summed E-state index contributed by atoms with van der Waals surface area (Å²) in [4.78, 5) is 60.9. The highest BCUT2D eigenvalue weighted by Gasteiger charge is 2.61. The molecular formula is C11H18N3O14P3. The van der Waals surface area contributed by atoms with E-state index >= 15 is 0 Å². The summed E-state index contributed by atoms with van der Waals surface area (Å²) in [5, 5.41) is 0. The largest absolute Gasteiger partial charge is 0.490 e. The molecule has 1 aromatic rings. The Balaban J connectivity index is 1.67. The van der Waals surface area contributed by atoms with Gasteiger partial charge >= 0.3 is 29.2 Å². The van der Waals surface area contributed by atoms with E-state index in [1.165, 1.54) is 6.20 Å². The second-order valence-corrected chi connectivity index (χ2v) is 11.1. The highest BCUT2D eigenvalue weighted by Crippen LogP contribution is 2.66. The Morgan fingerprint density at radius 1 is 1.19 bits per heavy atom. The van der Waals surface area contributed by atoms with Gasteiger partial charge in [0.2, 0.25) is 0 Å². The fourth-order valence-corrected chi connectivity index (χ4v) is 6.22. The van der Waals surface area contributed by atoms with Crippen molar-refractivity contribution in [2.45, 2.75) is 30.4 Å². The summed E-state index contributed by atoms with van der Waals surface area (Å²) in [6.07, 6.45) is -0.360. The Hall–Kier alpha value is -1.03. The first-order valence-electron chi connectivity index (χ1n) is 8.25. The number of fused-ring (bicyclic) bond motifs is 2. The van der Waals surface area contributed by atoms with Gasteiger partial charge in [-0.3, -0.25) is 18.9 Å². The van der Waals surface area contributed by atoms with Gasteiger partial charge in [-0.05, 0) is 0 Å². The van der Waals surface area contributed by atoms with Crippen LogP contribution in [0.5, 0.6) is 0 Å². The van der Waals surface area contributed by atoms with Gasteiger partial charge in [-0.2, -0.15) is 8.62 Å². The lowest BCUT2D eigenvalue weighted by Gasteiger charge is -2.31. The summed E-state index contributed by atoms with van der Waals surface area (Å²) in [5.41, 5.74) is 3.22. The molecule has 31 heavy (non-hydrogen) atoms. The maximum absolute atomic E-state index is 11.9. The summed E-state index contributed by atoms with van der Waals surface area (Å²) < 4.78 is 58.2. The van der Waals surface area contributed by atoms with E-state index in [9.17, 15) is 33.1 Å². The van der Waals surface area contributed by atoms with Gasteiger partial charge in [0.05, 0.1) is 25.8 Å². The molecule has 2 saturated heterocycles. The molecule has 0 spiro atoms. The Labute approximate surface area is 172 Å². The molecule has 0 saturated carbocycles. The molecule has 6 atom stereocenters. The molecule has 2 aliphatic rings. The van der Waals surface area contributed by atoms with Crippen LogP contribution in [0.4, 0.5) is 0 Å². The predicted molar refractivity (Wildman–Crippen MR) is 96.5 cm³/mol. The molecule has 7 N–H and O–H groups in total. The van der Waals surface area contributed by atoms with Gasteiger partial charge < -0.3 is 34.8 Å². The zero-order chi connectivity index (χ0) is 23.2. The Morgan fingerprint density at radius 3 is 2.48 bits per heavy atom. The van der Waals surface area contributed by atoms with Gasteiger partial charge in [0, 0.05) is 12.3 Å². The summed E-state index contributed by atoms with van der Waals surface area (Å²) in [7, 11) is -16.6. The second kappa shape index (κ2) is 8.39. The number of nitrogens with zero attached hydrogens (tertiary/aromatic N) is 1. The van der Waals surface area contributed by atoms with Crippen LogP contribution in [-0.4, -0.2) is 66.2 Å². The van der Waals surface area contributed by atoms with Crippen molar-refractivity contribution in [3.05, 3.63) is 33.1 Å². The molecular weight excluding hydrogens is 491 g/mol. The van der Waals surface area contributed by atoms with E-state index in [-0.39, 0.29) is 13.2 Å². The first-order valence-corrected chi connectivity index (χ1v) is 12.8. The van der Waals surface area contributed by atoms with Crippen molar-refractivity contribution in [2.75, 3.05) is 13.2 Å². The van der Waals surface area contributed by atoms with Crippen molar-refractivity contribution < 1.29 is 55.9 Å². The van der Waals surface area contributed by atoms with Crippen LogP contribution in [0.1, 0.15) is 0 Å². The number of aromatic amines is 1. The lowest BCUT2D eigenvalue weighted by molar-refractivity contribution is -0.159. The molecule has 17 nitrogen and oxygen atoms in total. The third-order valence-corrected chi connectivity index (χ3v) is 8.18. The monoisotopic (exact) mass is 509 g/mol. The zero-order valence-corrected chi connectivity index (χ0v) is 17.9. The molecule has 3 heterocycles. The number of nitrogens with one attached hydrogen (secondary N) is 1. The molecule has 3 rings (SSSR count). The number of nitrogens with two attached hydrogens (primary N) is 1. The number of rotatable bonds is 9. The average Bonchev–Trinajstić information content (AvgIpc) is 3.02. The highest BCUT2D eigenvalue weighted by molar-refractivity contribution is 7.66. The Kier molecular flexibility index (Phi) is 6.66. The molecule has 2 bridgehead atoms. The smallest absolute Gasteiger partial charge is 0.371 e. The van der Waals surface area contributed by atoms with E-state index in [4.69, 9.17) is 25.0 Å². The van der Waals surface area contributed by atoms with Gasteiger partial charge in [0.15, 0.2) is 0 Å². The molecule has 0 amide bonds. The summed E-state index contributed by atoms with van der Waals surface area (Å²) in [6, 6.07) is 0.198. The Bertz CT molecular complexity index is 1100. The summed E-state index contributed by atoms with van der Waals surface area (Å²) in [5.74, 6) is 0. The first kappa shape index (κ1) is 24.6. The number of H-pyrrole nitrogens is 1. The number of phosphoric ester groups is 1. The minimum atomic E-state index is -5.67. The fraction of sp³-hybridized carbons (Fsp3) is 0.636. The standard InChI is InChI=1S/C11H18N3O14P3/c12-9-8-6(3-14-2-1-7(15)13-10(14)16)26-11(9,4-24-8)5-25-30(20,21)28-31(22,23)27-29(17,18)19/h1-2,6,8-9H,3-5,12H2,(H,20,21)(H,22,23)(H,13,15,16)(H2,17,18,19)/t6-,8-,9-,11+/m0/s1. The normalized spacial score (nSPS) is 32.0. The van der Waals surface area contributed by atoms with Crippen molar-refractivity contribution in [3.63, 3.8) is 0 Å². The quantitative estimate of drug-likeness (QED) is 0.192. The van der Waals surface area contributed by atoms with Crippen molar-refractivity contribution in [1.29, 1.82) is 0 Å². The van der Waals surface area contributed by atoms with Crippen LogP contribution in [0, 0.1) is 0 Å². The van der Waals surface area contributed by atoms with E-state index < -0.39 is 65.2 Å². The number of hydrogen-bond acceptors (Lipinski definition) is 11. The van der Waals surface area contributed by atoms with Gasteiger partial charge in [0.25, 0.3) is 5.56 Å². The van der Waals surface area contributed by atoms with Crippen LogP contribution in [0.25, 0.3) is 0 Å². The molecule has 2 aliphatic heterocycles. The van der Waals surface area contributed by atoms with Crippen LogP contribution in [-0.2, 0) is 42.9 Å². The molecule has 20 heteroatoms. The maximum atomic E-state index is 11.9. The van der Waals surface area contributed by atoms with Gasteiger partial charge in [-0.25, -0.2) is 18.5 Å². The van der Waals surface area contributed by atoms with Crippen molar-refractivity contribution >= 4 is 23.5 Å². The topological polar surface area (TPSA) is 259 Å². The van der Waals surface area contributed by atoms with Crippen LogP contribution in [0.2, 0.25) is 0 Å². The molecule has 1 aromatic heterocycles. The molecule has 0 aliphatic carbocycles. The van der Waals surface area contributed by atoms with Crippen LogP contribution in [0.3, 0.4) is 0 Å². The van der Waals surface area contributed by atoms with E-state index in [1.807, 2.05) is 0 Å². The van der Waals surface area contributed by atoms with Crippen molar-refractivity contribution in [1.82, 2.24) is 9.55 Å². The summed E-state index contributed by atoms with van der Waals surface area (Å²) in [6.45, 7) is -1.08. The third-order valence-electron chi connectivity index (χ3n) is 4.40. The van der Waals surface area contributed by atoms with E-state index in [2.05, 4.69) is 18.1 Å².